The largest absolute Gasteiger partial charge is 0.497 e. The maximum absolute atomic E-state index is 5.15. The van der Waals surface area contributed by atoms with E-state index in [-0.39, 0.29) is 0 Å². The van der Waals surface area contributed by atoms with E-state index < -0.39 is 0 Å². The third kappa shape index (κ3) is 2.52. The first kappa shape index (κ1) is 12.4. The number of benzene rings is 2. The summed E-state index contributed by atoms with van der Waals surface area (Å²) in [5.41, 5.74) is 3.83. The van der Waals surface area contributed by atoms with Crippen LogP contribution >= 0.6 is 0 Å². The molecule has 0 bridgehead atoms. The third-order valence-electron chi connectivity index (χ3n) is 3.12. The summed E-state index contributed by atoms with van der Waals surface area (Å²) in [6, 6.07) is 21.8. The second-order valence-electron chi connectivity index (χ2n) is 4.40. The summed E-state index contributed by atoms with van der Waals surface area (Å²) in [5.74, 6) is 0.836. The molecule has 0 unspecified atom stereocenters. The molecule has 0 aliphatic carbocycles. The fraction of sp³-hybridized carbons (Fsp3) is 0.0588. The first-order chi connectivity index (χ1) is 9.86. The molecule has 0 atom stereocenters. The van der Waals surface area contributed by atoms with Gasteiger partial charge in [0.15, 0.2) is 0 Å². The van der Waals surface area contributed by atoms with Gasteiger partial charge in [-0.25, -0.2) is 0 Å². The van der Waals surface area contributed by atoms with Crippen LogP contribution < -0.4 is 4.74 Å². The van der Waals surface area contributed by atoms with Crippen molar-refractivity contribution in [3.8, 4) is 28.3 Å². The molecule has 3 rings (SSSR count). The van der Waals surface area contributed by atoms with E-state index in [1.165, 1.54) is 0 Å². The van der Waals surface area contributed by atoms with Crippen molar-refractivity contribution >= 4 is 0 Å². The Bertz CT molecular complexity index is 676. The van der Waals surface area contributed by atoms with E-state index >= 15 is 0 Å². The fourth-order valence-electron chi connectivity index (χ4n) is 2.01. The van der Waals surface area contributed by atoms with Crippen LogP contribution in [0, 0.1) is 0 Å². The number of hydrogen-bond acceptors (Lipinski definition) is 3. The van der Waals surface area contributed by atoms with Crippen LogP contribution in [0.5, 0.6) is 5.75 Å². The molecule has 0 spiro atoms. The van der Waals surface area contributed by atoms with E-state index in [4.69, 9.17) is 4.74 Å². The Morgan fingerprint density at radius 3 is 1.70 bits per heavy atom. The molecule has 98 valence electrons. The molecular weight excluding hydrogens is 248 g/mol. The van der Waals surface area contributed by atoms with E-state index in [9.17, 15) is 0 Å². The summed E-state index contributed by atoms with van der Waals surface area (Å²) in [4.78, 5) is 0. The van der Waals surface area contributed by atoms with E-state index in [2.05, 4.69) is 10.2 Å². The summed E-state index contributed by atoms with van der Waals surface area (Å²) in [7, 11) is 1.66. The van der Waals surface area contributed by atoms with E-state index in [1.807, 2.05) is 66.7 Å². The summed E-state index contributed by atoms with van der Waals surface area (Å²) >= 11 is 0. The van der Waals surface area contributed by atoms with Gasteiger partial charge in [0.2, 0.25) is 0 Å². The maximum Gasteiger partial charge on any atom is 0.118 e. The highest BCUT2D eigenvalue weighted by atomic mass is 16.5. The minimum absolute atomic E-state index is 0.836. The average Bonchev–Trinajstić information content (AvgIpc) is 2.56. The number of aromatic nitrogens is 2. The van der Waals surface area contributed by atoms with Crippen molar-refractivity contribution in [2.24, 2.45) is 0 Å². The molecule has 1 heterocycles. The van der Waals surface area contributed by atoms with Crippen molar-refractivity contribution < 1.29 is 4.74 Å². The molecule has 0 aliphatic heterocycles. The van der Waals surface area contributed by atoms with Gasteiger partial charge < -0.3 is 4.74 Å². The van der Waals surface area contributed by atoms with Gasteiger partial charge in [-0.1, -0.05) is 30.3 Å². The fourth-order valence-corrected chi connectivity index (χ4v) is 2.01. The van der Waals surface area contributed by atoms with E-state index in [0.29, 0.717) is 0 Å². The zero-order chi connectivity index (χ0) is 13.8. The molecule has 1 aromatic heterocycles. The molecule has 3 nitrogen and oxygen atoms in total. The van der Waals surface area contributed by atoms with Crippen molar-refractivity contribution in [1.82, 2.24) is 10.2 Å². The quantitative estimate of drug-likeness (QED) is 0.719. The number of hydrogen-bond donors (Lipinski definition) is 0. The molecule has 3 heteroatoms. The Morgan fingerprint density at radius 2 is 1.20 bits per heavy atom. The van der Waals surface area contributed by atoms with Crippen molar-refractivity contribution in [3.63, 3.8) is 0 Å². The minimum Gasteiger partial charge on any atom is -0.497 e. The molecule has 0 radical (unpaired) electrons. The molecule has 0 aliphatic rings. The van der Waals surface area contributed by atoms with E-state index in [0.717, 1.165) is 28.3 Å². The van der Waals surface area contributed by atoms with Crippen molar-refractivity contribution in [2.75, 3.05) is 7.11 Å². The van der Waals surface area contributed by atoms with Crippen LogP contribution in [0.3, 0.4) is 0 Å². The van der Waals surface area contributed by atoms with Crippen molar-refractivity contribution in [3.05, 3.63) is 66.7 Å². The van der Waals surface area contributed by atoms with Crippen LogP contribution in [0.15, 0.2) is 66.7 Å². The highest BCUT2D eigenvalue weighted by Crippen LogP contribution is 2.22. The van der Waals surface area contributed by atoms with Crippen LogP contribution in [-0.4, -0.2) is 17.3 Å². The van der Waals surface area contributed by atoms with Crippen molar-refractivity contribution in [1.29, 1.82) is 0 Å². The molecule has 3 aromatic rings. The number of methoxy groups -OCH3 is 1. The van der Waals surface area contributed by atoms with Gasteiger partial charge in [0, 0.05) is 11.1 Å². The Balaban J connectivity index is 1.89. The second kappa shape index (κ2) is 5.53. The molecule has 20 heavy (non-hydrogen) atoms. The smallest absolute Gasteiger partial charge is 0.118 e. The summed E-state index contributed by atoms with van der Waals surface area (Å²) < 4.78 is 5.15. The number of rotatable bonds is 3. The maximum atomic E-state index is 5.15. The Kier molecular flexibility index (Phi) is 3.42. The van der Waals surface area contributed by atoms with Gasteiger partial charge in [0.05, 0.1) is 18.5 Å². The van der Waals surface area contributed by atoms with Gasteiger partial charge in [0.25, 0.3) is 0 Å². The van der Waals surface area contributed by atoms with Crippen molar-refractivity contribution in [2.45, 2.75) is 0 Å². The summed E-state index contributed by atoms with van der Waals surface area (Å²) in [6.45, 7) is 0. The first-order valence-electron chi connectivity index (χ1n) is 6.40. The number of ether oxygens (including phenoxy) is 1. The topological polar surface area (TPSA) is 35.0 Å². The Labute approximate surface area is 117 Å². The molecule has 2 aromatic carbocycles. The molecule has 0 amide bonds. The molecule has 0 N–H and O–H groups in total. The third-order valence-corrected chi connectivity index (χ3v) is 3.12. The van der Waals surface area contributed by atoms with Gasteiger partial charge in [0.1, 0.15) is 5.75 Å². The van der Waals surface area contributed by atoms with Gasteiger partial charge in [-0.15, -0.1) is 10.2 Å². The predicted molar refractivity (Wildman–Crippen MR) is 79.5 cm³/mol. The monoisotopic (exact) mass is 262 g/mol. The Morgan fingerprint density at radius 1 is 0.650 bits per heavy atom. The summed E-state index contributed by atoms with van der Waals surface area (Å²) in [5, 5.41) is 8.58. The van der Waals surface area contributed by atoms with Gasteiger partial charge in [-0.05, 0) is 36.4 Å². The zero-order valence-electron chi connectivity index (χ0n) is 11.2. The molecule has 0 saturated heterocycles. The zero-order valence-corrected chi connectivity index (χ0v) is 11.2. The first-order valence-corrected chi connectivity index (χ1v) is 6.40. The lowest BCUT2D eigenvalue weighted by Gasteiger charge is -2.04. The minimum atomic E-state index is 0.836. The highest BCUT2D eigenvalue weighted by molar-refractivity contribution is 5.63. The normalized spacial score (nSPS) is 10.2. The molecule has 0 fully saturated rings. The summed E-state index contributed by atoms with van der Waals surface area (Å²) in [6.07, 6.45) is 0. The SMILES string of the molecule is COc1ccc(-c2ccc(-c3ccccc3)nn2)cc1. The van der Waals surface area contributed by atoms with Crippen LogP contribution in [0.2, 0.25) is 0 Å². The second-order valence-corrected chi connectivity index (χ2v) is 4.40. The van der Waals surface area contributed by atoms with Crippen LogP contribution in [0.4, 0.5) is 0 Å². The lowest BCUT2D eigenvalue weighted by Crippen LogP contribution is -1.91. The van der Waals surface area contributed by atoms with E-state index in [1.54, 1.807) is 7.11 Å². The lowest BCUT2D eigenvalue weighted by atomic mass is 10.1. The lowest BCUT2D eigenvalue weighted by molar-refractivity contribution is 0.415. The van der Waals surface area contributed by atoms with Crippen LogP contribution in [0.1, 0.15) is 0 Å². The van der Waals surface area contributed by atoms with Crippen LogP contribution in [-0.2, 0) is 0 Å². The molecular formula is C17H14N2O. The van der Waals surface area contributed by atoms with Gasteiger partial charge >= 0.3 is 0 Å². The number of nitrogens with zero attached hydrogens (tertiary/aromatic N) is 2. The standard InChI is InChI=1S/C17H14N2O/c1-20-15-9-7-14(8-10-15)17-12-11-16(18-19-17)13-5-3-2-4-6-13/h2-12H,1H3. The van der Waals surface area contributed by atoms with Gasteiger partial charge in [-0.3, -0.25) is 0 Å². The van der Waals surface area contributed by atoms with Crippen LogP contribution in [0.25, 0.3) is 22.5 Å². The predicted octanol–water partition coefficient (Wildman–Crippen LogP) is 3.82. The average molecular weight is 262 g/mol. The molecule has 0 saturated carbocycles. The Hall–Kier alpha value is -2.68. The van der Waals surface area contributed by atoms with Gasteiger partial charge in [-0.2, -0.15) is 0 Å². The highest BCUT2D eigenvalue weighted by Gasteiger charge is 2.03.